The van der Waals surface area contributed by atoms with Crippen molar-refractivity contribution in [3.8, 4) is 0 Å². The van der Waals surface area contributed by atoms with Gasteiger partial charge in [0, 0.05) is 4.90 Å². The van der Waals surface area contributed by atoms with Gasteiger partial charge >= 0.3 is 0 Å². The SMILES string of the molecule is C=C/C=C(/C)OC.CC.CC.CCCSc1ccc2c(c1)CCC2. The summed E-state index contributed by atoms with van der Waals surface area (Å²) in [7, 11) is 1.63. The van der Waals surface area contributed by atoms with Crippen LogP contribution >= 0.6 is 11.8 Å². The fraction of sp³-hybridized carbons (Fsp3) is 0.545. The molecule has 0 N–H and O–H groups in total. The molecule has 1 aromatic carbocycles. The van der Waals surface area contributed by atoms with Crippen molar-refractivity contribution < 1.29 is 4.74 Å². The lowest BCUT2D eigenvalue weighted by Crippen LogP contribution is -1.83. The molecule has 138 valence electrons. The molecule has 0 atom stereocenters. The molecule has 24 heavy (non-hydrogen) atoms. The third kappa shape index (κ3) is 11.4. The first-order valence-electron chi connectivity index (χ1n) is 9.29. The molecule has 0 spiro atoms. The van der Waals surface area contributed by atoms with Crippen LogP contribution in [0.3, 0.4) is 0 Å². The van der Waals surface area contributed by atoms with Crippen molar-refractivity contribution in [1.29, 1.82) is 0 Å². The van der Waals surface area contributed by atoms with Crippen LogP contribution in [0, 0.1) is 0 Å². The third-order valence-electron chi connectivity index (χ3n) is 3.22. The van der Waals surface area contributed by atoms with E-state index in [1.807, 2.05) is 46.4 Å². The smallest absolute Gasteiger partial charge is 0.0924 e. The van der Waals surface area contributed by atoms with Gasteiger partial charge in [0.25, 0.3) is 0 Å². The molecule has 1 aromatic rings. The van der Waals surface area contributed by atoms with E-state index < -0.39 is 0 Å². The highest BCUT2D eigenvalue weighted by molar-refractivity contribution is 7.99. The number of fused-ring (bicyclic) bond motifs is 1. The number of aryl methyl sites for hydroxylation is 2. The summed E-state index contributed by atoms with van der Waals surface area (Å²) >= 11 is 1.99. The molecule has 0 bridgehead atoms. The summed E-state index contributed by atoms with van der Waals surface area (Å²) < 4.78 is 4.78. The summed E-state index contributed by atoms with van der Waals surface area (Å²) in [6.45, 7) is 15.6. The van der Waals surface area contributed by atoms with E-state index in [0.29, 0.717) is 0 Å². The summed E-state index contributed by atoms with van der Waals surface area (Å²) in [5, 5.41) is 0. The van der Waals surface area contributed by atoms with Crippen molar-refractivity contribution >= 4 is 11.8 Å². The number of methoxy groups -OCH3 is 1. The molecule has 0 saturated heterocycles. The van der Waals surface area contributed by atoms with E-state index in [1.54, 1.807) is 30.4 Å². The third-order valence-corrected chi connectivity index (χ3v) is 4.42. The highest BCUT2D eigenvalue weighted by Gasteiger charge is 2.10. The van der Waals surface area contributed by atoms with Crippen molar-refractivity contribution in [1.82, 2.24) is 0 Å². The molecule has 0 fully saturated rings. The Balaban J connectivity index is 0. The van der Waals surface area contributed by atoms with Crippen molar-refractivity contribution in [2.45, 2.75) is 72.1 Å². The van der Waals surface area contributed by atoms with E-state index in [4.69, 9.17) is 4.74 Å². The van der Waals surface area contributed by atoms with Gasteiger partial charge in [-0.05, 0) is 67.7 Å². The average Bonchev–Trinajstić information content (AvgIpc) is 3.12. The molecule has 0 heterocycles. The van der Waals surface area contributed by atoms with Crippen LogP contribution in [-0.4, -0.2) is 12.9 Å². The van der Waals surface area contributed by atoms with Crippen molar-refractivity contribution in [2.24, 2.45) is 0 Å². The van der Waals surface area contributed by atoms with Crippen molar-refractivity contribution in [3.05, 3.63) is 53.8 Å². The molecule has 0 radical (unpaired) electrons. The minimum absolute atomic E-state index is 0.884. The topological polar surface area (TPSA) is 9.23 Å². The zero-order valence-corrected chi connectivity index (χ0v) is 17.8. The molecule has 1 nitrogen and oxygen atoms in total. The van der Waals surface area contributed by atoms with Gasteiger partial charge in [-0.25, -0.2) is 0 Å². The van der Waals surface area contributed by atoms with Gasteiger partial charge in [0.15, 0.2) is 0 Å². The molecule has 2 rings (SSSR count). The van der Waals surface area contributed by atoms with E-state index in [2.05, 4.69) is 31.7 Å². The van der Waals surface area contributed by atoms with E-state index in [-0.39, 0.29) is 0 Å². The predicted molar refractivity (Wildman–Crippen MR) is 113 cm³/mol. The summed E-state index contributed by atoms with van der Waals surface area (Å²) in [5.74, 6) is 2.13. The molecule has 0 aromatic heterocycles. The summed E-state index contributed by atoms with van der Waals surface area (Å²) in [5.41, 5.74) is 3.18. The molecule has 2 heteroatoms. The number of benzene rings is 1. The molecular formula is C22H38OS. The zero-order chi connectivity index (χ0) is 18.8. The van der Waals surface area contributed by atoms with Crippen LogP contribution in [0.15, 0.2) is 47.6 Å². The fourth-order valence-electron chi connectivity index (χ4n) is 2.09. The Kier molecular flexibility index (Phi) is 19.0. The summed E-state index contributed by atoms with van der Waals surface area (Å²) in [6.07, 6.45) is 8.72. The van der Waals surface area contributed by atoms with Gasteiger partial charge in [0.2, 0.25) is 0 Å². The molecule has 0 aliphatic heterocycles. The molecule has 0 saturated carbocycles. The van der Waals surface area contributed by atoms with Gasteiger partial charge in [-0.3, -0.25) is 0 Å². The number of rotatable bonds is 5. The number of hydrogen-bond acceptors (Lipinski definition) is 2. The Hall–Kier alpha value is -1.15. The highest BCUT2D eigenvalue weighted by Crippen LogP contribution is 2.27. The van der Waals surface area contributed by atoms with Gasteiger partial charge in [0.05, 0.1) is 12.9 Å². The maximum Gasteiger partial charge on any atom is 0.0924 e. The van der Waals surface area contributed by atoms with Crippen molar-refractivity contribution in [2.75, 3.05) is 12.9 Å². The quantitative estimate of drug-likeness (QED) is 0.310. The van der Waals surface area contributed by atoms with E-state index >= 15 is 0 Å². The van der Waals surface area contributed by atoms with Crippen LogP contribution in [0.2, 0.25) is 0 Å². The van der Waals surface area contributed by atoms with Crippen LogP contribution in [0.5, 0.6) is 0 Å². The van der Waals surface area contributed by atoms with Crippen LogP contribution in [-0.2, 0) is 17.6 Å². The molecule has 1 aliphatic carbocycles. The number of thioether (sulfide) groups is 1. The van der Waals surface area contributed by atoms with Crippen LogP contribution in [0.25, 0.3) is 0 Å². The summed E-state index contributed by atoms with van der Waals surface area (Å²) in [6, 6.07) is 6.99. The van der Waals surface area contributed by atoms with Gasteiger partial charge in [0.1, 0.15) is 0 Å². The number of ether oxygens (including phenoxy) is 1. The first-order chi connectivity index (χ1) is 11.7. The van der Waals surface area contributed by atoms with Crippen LogP contribution < -0.4 is 0 Å². The maximum absolute atomic E-state index is 4.78. The molecule has 0 amide bonds. The first kappa shape index (κ1) is 25.1. The largest absolute Gasteiger partial charge is 0.501 e. The number of allylic oxidation sites excluding steroid dienone is 3. The molecule has 1 aliphatic rings. The van der Waals surface area contributed by atoms with Gasteiger partial charge in [-0.2, -0.15) is 0 Å². The van der Waals surface area contributed by atoms with Crippen LogP contribution in [0.4, 0.5) is 0 Å². The first-order valence-corrected chi connectivity index (χ1v) is 10.3. The van der Waals surface area contributed by atoms with Gasteiger partial charge in [-0.15, -0.1) is 11.8 Å². The monoisotopic (exact) mass is 350 g/mol. The lowest BCUT2D eigenvalue weighted by Gasteiger charge is -2.03. The second-order valence-electron chi connectivity index (χ2n) is 4.85. The average molecular weight is 351 g/mol. The predicted octanol–water partition coefficient (Wildman–Crippen LogP) is 7.45. The lowest BCUT2D eigenvalue weighted by atomic mass is 10.1. The van der Waals surface area contributed by atoms with E-state index in [0.717, 1.165) is 5.76 Å². The minimum Gasteiger partial charge on any atom is -0.501 e. The molecular weight excluding hydrogens is 312 g/mol. The standard InChI is InChI=1S/C12H16S.C6H10O.2C2H6/c1-2-8-13-12-7-6-10-4-3-5-11(10)9-12;1-4-5-6(2)7-3;2*1-2/h6-7,9H,2-5,8H2,1H3;4-5H,1H2,2-3H3;2*1-2H3/b;6-5-;;. The Morgan fingerprint density at radius 3 is 2.29 bits per heavy atom. The second-order valence-corrected chi connectivity index (χ2v) is 6.02. The Morgan fingerprint density at radius 1 is 1.17 bits per heavy atom. The van der Waals surface area contributed by atoms with Crippen molar-refractivity contribution in [3.63, 3.8) is 0 Å². The zero-order valence-electron chi connectivity index (χ0n) is 16.9. The number of hydrogen-bond donors (Lipinski definition) is 0. The fourth-order valence-corrected chi connectivity index (χ4v) is 2.92. The Morgan fingerprint density at radius 2 is 1.79 bits per heavy atom. The van der Waals surface area contributed by atoms with E-state index in [1.165, 1.54) is 36.3 Å². The molecule has 0 unspecified atom stereocenters. The highest BCUT2D eigenvalue weighted by atomic mass is 32.2. The van der Waals surface area contributed by atoms with E-state index in [9.17, 15) is 0 Å². The van der Waals surface area contributed by atoms with Gasteiger partial charge in [-0.1, -0.05) is 53.3 Å². The summed E-state index contributed by atoms with van der Waals surface area (Å²) in [4.78, 5) is 1.46. The maximum atomic E-state index is 4.78. The van der Waals surface area contributed by atoms with Crippen LogP contribution in [0.1, 0.15) is 65.5 Å². The normalized spacial score (nSPS) is 11.5. The Labute approximate surface area is 155 Å². The Bertz CT molecular complexity index is 449. The second kappa shape index (κ2) is 18.2. The van der Waals surface area contributed by atoms with Gasteiger partial charge < -0.3 is 4.74 Å². The minimum atomic E-state index is 0.884. The lowest BCUT2D eigenvalue weighted by molar-refractivity contribution is 0.294.